The highest BCUT2D eigenvalue weighted by molar-refractivity contribution is 8.60. The van der Waals surface area contributed by atoms with Gasteiger partial charge in [-0.1, -0.05) is 27.1 Å². The molecule has 0 aliphatic carbocycles. The molecule has 4 unspecified atom stereocenters. The highest BCUT2D eigenvalue weighted by atomic mass is 32.6. The largest absolute Gasteiger partial charge is 0.240 e. The van der Waals surface area contributed by atoms with Crippen LogP contribution in [0.4, 0.5) is 0 Å². The van der Waals surface area contributed by atoms with Crippen molar-refractivity contribution < 1.29 is 0 Å². The minimum absolute atomic E-state index is 0.228. The lowest BCUT2D eigenvalue weighted by Crippen LogP contribution is -1.88. The van der Waals surface area contributed by atoms with E-state index in [1.165, 1.54) is 11.1 Å². The molecule has 2 aromatic rings. The van der Waals surface area contributed by atoms with E-state index in [0.717, 1.165) is 13.5 Å². The van der Waals surface area contributed by atoms with E-state index in [1.807, 2.05) is 6.07 Å². The van der Waals surface area contributed by atoms with E-state index in [9.17, 15) is 0 Å². The van der Waals surface area contributed by atoms with Crippen LogP contribution in [0, 0.1) is 6.92 Å². The number of aryl methyl sites for hydroxylation is 1. The Hall–Kier alpha value is 0.410. The van der Waals surface area contributed by atoms with Gasteiger partial charge >= 0.3 is 0 Å². The number of aromatic nitrogens is 2. The van der Waals surface area contributed by atoms with Gasteiger partial charge < -0.3 is 0 Å². The van der Waals surface area contributed by atoms with Crippen LogP contribution < -0.4 is 0 Å². The van der Waals surface area contributed by atoms with Crippen molar-refractivity contribution in [3.05, 3.63) is 30.0 Å². The lowest BCUT2D eigenvalue weighted by atomic mass is 10.2. The molecular formula is C8H12N2P4. The summed E-state index contributed by atoms with van der Waals surface area (Å²) in [5, 5.41) is 5.87. The van der Waals surface area contributed by atoms with E-state index in [2.05, 4.69) is 52.5 Å². The first-order valence-electron chi connectivity index (χ1n) is 4.20. The highest BCUT2D eigenvalue weighted by Crippen LogP contribution is 2.66. The molecule has 0 spiro atoms. The second kappa shape index (κ2) is 4.51. The first-order chi connectivity index (χ1) is 6.74. The smallest absolute Gasteiger partial charge is 0.0929 e. The van der Waals surface area contributed by atoms with E-state index in [-0.39, 0.29) is 7.45 Å². The van der Waals surface area contributed by atoms with E-state index in [1.54, 1.807) is 0 Å². The minimum Gasteiger partial charge on any atom is -0.240 e. The van der Waals surface area contributed by atoms with Crippen LogP contribution in [0.2, 0.25) is 0 Å². The van der Waals surface area contributed by atoms with Gasteiger partial charge in [0.15, 0.2) is 0 Å². The van der Waals surface area contributed by atoms with Crippen LogP contribution in [0.15, 0.2) is 24.3 Å². The van der Waals surface area contributed by atoms with Crippen molar-refractivity contribution in [1.82, 2.24) is 9.55 Å². The van der Waals surface area contributed by atoms with Gasteiger partial charge in [0, 0.05) is 11.1 Å². The summed E-state index contributed by atoms with van der Waals surface area (Å²) >= 11 is 0. The Balaban J connectivity index is 2.62. The standard InChI is InChI=1S/C8H12N2P4/c1-6-7-4-2-3-5-8(7)9-10(6)14(12)13-11/h2-5,13H,11-12H2,1H3. The van der Waals surface area contributed by atoms with Crippen LogP contribution in [0.25, 0.3) is 10.9 Å². The lowest BCUT2D eigenvalue weighted by molar-refractivity contribution is 0.984. The molecule has 1 aromatic carbocycles. The predicted octanol–water partition coefficient (Wildman–Crippen LogP) is 3.76. The third kappa shape index (κ3) is 1.87. The molecule has 0 N–H and O–H groups in total. The van der Waals surface area contributed by atoms with Gasteiger partial charge in [-0.05, 0) is 20.9 Å². The van der Waals surface area contributed by atoms with Gasteiger partial charge in [0.2, 0.25) is 0 Å². The second-order valence-corrected chi connectivity index (χ2v) is 11.8. The molecule has 0 aliphatic rings. The zero-order chi connectivity index (χ0) is 10.1. The van der Waals surface area contributed by atoms with E-state index >= 15 is 0 Å². The van der Waals surface area contributed by atoms with Crippen molar-refractivity contribution in [2.75, 3.05) is 0 Å². The van der Waals surface area contributed by atoms with Gasteiger partial charge in [0.1, 0.15) is 0 Å². The van der Waals surface area contributed by atoms with Crippen LogP contribution in [0.1, 0.15) is 5.69 Å². The number of hydrogen-bond acceptors (Lipinski definition) is 1. The average molecular weight is 260 g/mol. The third-order valence-electron chi connectivity index (χ3n) is 2.13. The number of benzene rings is 1. The molecule has 0 saturated heterocycles. The summed E-state index contributed by atoms with van der Waals surface area (Å²) < 4.78 is 2.15. The molecule has 1 heterocycles. The van der Waals surface area contributed by atoms with Crippen molar-refractivity contribution in [1.29, 1.82) is 0 Å². The monoisotopic (exact) mass is 260 g/mol. The maximum atomic E-state index is 4.60. The highest BCUT2D eigenvalue weighted by Gasteiger charge is 2.10. The number of fused-ring (bicyclic) bond motifs is 1. The molecule has 0 saturated carbocycles. The predicted molar refractivity (Wildman–Crippen MR) is 74.5 cm³/mol. The van der Waals surface area contributed by atoms with Gasteiger partial charge in [0.25, 0.3) is 0 Å². The van der Waals surface area contributed by atoms with Crippen LogP contribution in [-0.4, -0.2) is 9.55 Å². The van der Waals surface area contributed by atoms with Crippen LogP contribution in [0.3, 0.4) is 0 Å². The Kier molecular flexibility index (Phi) is 3.51. The Labute approximate surface area is 90.9 Å². The van der Waals surface area contributed by atoms with Crippen molar-refractivity contribution >= 4 is 44.2 Å². The first kappa shape index (κ1) is 10.9. The molecule has 0 radical (unpaired) electrons. The van der Waals surface area contributed by atoms with Gasteiger partial charge in [-0.2, -0.15) is 5.10 Å². The molecule has 2 nitrogen and oxygen atoms in total. The third-order valence-corrected chi connectivity index (χ3v) is 11.6. The van der Waals surface area contributed by atoms with Crippen LogP contribution >= 0.6 is 33.3 Å². The van der Waals surface area contributed by atoms with Crippen LogP contribution in [0.5, 0.6) is 0 Å². The molecule has 0 fully saturated rings. The Morgan fingerprint density at radius 3 is 2.79 bits per heavy atom. The van der Waals surface area contributed by atoms with Gasteiger partial charge in [-0.15, -0.1) is 8.93 Å². The lowest BCUT2D eigenvalue weighted by Gasteiger charge is -2.10. The summed E-state index contributed by atoms with van der Waals surface area (Å²) in [6.45, 7) is 2.14. The molecule has 0 aliphatic heterocycles. The normalized spacial score (nSPS) is 14.2. The zero-order valence-electron chi connectivity index (χ0n) is 7.81. The number of rotatable bonds is 2. The van der Waals surface area contributed by atoms with Gasteiger partial charge in [0.05, 0.1) is 13.0 Å². The summed E-state index contributed by atoms with van der Waals surface area (Å²) in [7, 11) is 6.30. The zero-order valence-corrected chi connectivity index (χ0v) is 12.0. The fraction of sp³-hybridized carbons (Fsp3) is 0.125. The molecule has 0 amide bonds. The molecule has 74 valence electrons. The second-order valence-electron chi connectivity index (χ2n) is 2.97. The number of nitrogens with zero attached hydrogens (tertiary/aromatic N) is 2. The summed E-state index contributed by atoms with van der Waals surface area (Å²) in [6, 6.07) is 8.30. The summed E-state index contributed by atoms with van der Waals surface area (Å²) in [5.74, 6) is 0. The van der Waals surface area contributed by atoms with E-state index in [4.69, 9.17) is 0 Å². The summed E-state index contributed by atoms with van der Waals surface area (Å²) in [5.41, 5.74) is 2.37. The molecule has 0 bridgehead atoms. The fourth-order valence-electron chi connectivity index (χ4n) is 1.42. The molecular weight excluding hydrogens is 248 g/mol. The Morgan fingerprint density at radius 2 is 2.14 bits per heavy atom. The van der Waals surface area contributed by atoms with Crippen molar-refractivity contribution in [2.45, 2.75) is 6.92 Å². The van der Waals surface area contributed by atoms with Crippen molar-refractivity contribution in [3.8, 4) is 0 Å². The Morgan fingerprint density at radius 1 is 1.43 bits per heavy atom. The molecule has 4 atom stereocenters. The Bertz CT molecular complexity index is 454. The van der Waals surface area contributed by atoms with Crippen LogP contribution in [-0.2, 0) is 0 Å². The maximum absolute atomic E-state index is 4.60. The minimum atomic E-state index is -0.228. The molecule has 6 heteroatoms. The summed E-state index contributed by atoms with van der Waals surface area (Å²) in [4.78, 5) is 0. The summed E-state index contributed by atoms with van der Waals surface area (Å²) in [6.07, 6.45) is 0. The molecule has 1 aromatic heterocycles. The molecule has 2 rings (SSSR count). The SMILES string of the molecule is Cc1c2ccccc2nn1P(P)PP. The van der Waals surface area contributed by atoms with E-state index in [0.29, 0.717) is 0 Å². The quantitative estimate of drug-likeness (QED) is 0.751. The van der Waals surface area contributed by atoms with Crippen molar-refractivity contribution in [3.63, 3.8) is 0 Å². The topological polar surface area (TPSA) is 17.8 Å². The number of hydrogen-bond donors (Lipinski definition) is 0. The van der Waals surface area contributed by atoms with E-state index < -0.39 is 0 Å². The van der Waals surface area contributed by atoms with Gasteiger partial charge in [-0.3, -0.25) is 0 Å². The van der Waals surface area contributed by atoms with Gasteiger partial charge in [-0.25, -0.2) is 4.45 Å². The van der Waals surface area contributed by atoms with Crippen molar-refractivity contribution in [2.24, 2.45) is 0 Å². The molecule has 14 heavy (non-hydrogen) atoms. The average Bonchev–Trinajstić information content (AvgIpc) is 2.56. The first-order valence-corrected chi connectivity index (χ1v) is 10.8. The maximum Gasteiger partial charge on any atom is 0.0929 e. The fourth-order valence-corrected chi connectivity index (χ4v) is 4.72.